The second kappa shape index (κ2) is 10.7. The largest absolute Gasteiger partial charge is 0.465 e. The Morgan fingerprint density at radius 2 is 1.17 bits per heavy atom. The summed E-state index contributed by atoms with van der Waals surface area (Å²) in [6.07, 6.45) is 2.69. The minimum atomic E-state index is -0.574. The summed E-state index contributed by atoms with van der Waals surface area (Å²) >= 11 is 0. The average molecular weight is 258 g/mol. The first-order valence-electron chi connectivity index (χ1n) is 6.43. The molecule has 0 amide bonds. The highest BCUT2D eigenvalue weighted by molar-refractivity contribution is 6.03. The monoisotopic (exact) mass is 258 g/mol. The molecule has 0 N–H and O–H groups in total. The number of hydrogen-bond acceptors (Lipinski definition) is 5. The van der Waals surface area contributed by atoms with Crippen LogP contribution in [-0.4, -0.2) is 30.9 Å². The average Bonchev–Trinajstić information content (AvgIpc) is 2.29. The van der Waals surface area contributed by atoms with Crippen molar-refractivity contribution in [3.05, 3.63) is 0 Å². The van der Waals surface area contributed by atoms with Crippen LogP contribution < -0.4 is 0 Å². The molecule has 5 nitrogen and oxygen atoms in total. The maximum Gasteiger partial charge on any atom is 0.313 e. The lowest BCUT2D eigenvalue weighted by molar-refractivity contribution is -0.149. The third-order valence-electron chi connectivity index (χ3n) is 2.20. The first-order chi connectivity index (χ1) is 8.60. The SMILES string of the molecule is CCCCOC(=O)CC(=O)CC(=O)OCCCC. The number of carbonyl (C=O) groups is 3. The van der Waals surface area contributed by atoms with E-state index in [0.717, 1.165) is 25.7 Å². The predicted molar refractivity (Wildman–Crippen MR) is 66.0 cm³/mol. The summed E-state index contributed by atoms with van der Waals surface area (Å²) in [6.45, 7) is 4.60. The van der Waals surface area contributed by atoms with E-state index in [2.05, 4.69) is 0 Å². The van der Waals surface area contributed by atoms with Crippen LogP contribution in [0, 0.1) is 0 Å². The molecule has 0 spiro atoms. The number of rotatable bonds is 10. The molecule has 0 heterocycles. The first-order valence-corrected chi connectivity index (χ1v) is 6.43. The molecule has 0 aromatic heterocycles. The maximum absolute atomic E-state index is 11.3. The number of ketones is 1. The quantitative estimate of drug-likeness (QED) is 0.340. The van der Waals surface area contributed by atoms with Crippen molar-refractivity contribution in [3.63, 3.8) is 0 Å². The molecular weight excluding hydrogens is 236 g/mol. The highest BCUT2D eigenvalue weighted by Gasteiger charge is 2.15. The predicted octanol–water partition coefficient (Wildman–Crippen LogP) is 2.02. The van der Waals surface area contributed by atoms with Crippen LogP contribution in [-0.2, 0) is 23.9 Å². The second-order valence-electron chi connectivity index (χ2n) is 4.04. The van der Waals surface area contributed by atoms with Crippen molar-refractivity contribution in [1.82, 2.24) is 0 Å². The molecule has 0 saturated heterocycles. The van der Waals surface area contributed by atoms with Gasteiger partial charge >= 0.3 is 11.9 Å². The summed E-state index contributed by atoms with van der Waals surface area (Å²) in [5.74, 6) is -1.61. The van der Waals surface area contributed by atoms with Crippen LogP contribution in [0.1, 0.15) is 52.4 Å². The number of esters is 2. The zero-order valence-corrected chi connectivity index (χ0v) is 11.2. The highest BCUT2D eigenvalue weighted by Crippen LogP contribution is 1.98. The molecule has 0 unspecified atom stereocenters. The van der Waals surface area contributed by atoms with Gasteiger partial charge in [0, 0.05) is 0 Å². The summed E-state index contributed by atoms with van der Waals surface area (Å²) in [4.78, 5) is 33.7. The maximum atomic E-state index is 11.3. The van der Waals surface area contributed by atoms with Gasteiger partial charge in [-0.25, -0.2) is 0 Å². The van der Waals surface area contributed by atoms with Gasteiger partial charge in [0.1, 0.15) is 12.8 Å². The molecule has 0 aromatic carbocycles. The van der Waals surface area contributed by atoms with E-state index >= 15 is 0 Å². The lowest BCUT2D eigenvalue weighted by Crippen LogP contribution is -2.17. The van der Waals surface area contributed by atoms with Crippen LogP contribution in [0.5, 0.6) is 0 Å². The molecule has 18 heavy (non-hydrogen) atoms. The summed E-state index contributed by atoms with van der Waals surface area (Å²) in [5.41, 5.74) is 0. The number of Topliss-reactive ketones (excluding diaryl/α,β-unsaturated/α-hetero) is 1. The van der Waals surface area contributed by atoms with E-state index in [9.17, 15) is 14.4 Å². The van der Waals surface area contributed by atoms with Gasteiger partial charge in [-0.2, -0.15) is 0 Å². The molecule has 0 aliphatic carbocycles. The van der Waals surface area contributed by atoms with Gasteiger partial charge in [0.25, 0.3) is 0 Å². The zero-order chi connectivity index (χ0) is 13.8. The molecule has 0 bridgehead atoms. The van der Waals surface area contributed by atoms with E-state index < -0.39 is 17.7 Å². The highest BCUT2D eigenvalue weighted by atomic mass is 16.5. The van der Waals surface area contributed by atoms with Crippen LogP contribution in [0.3, 0.4) is 0 Å². The Kier molecular flexibility index (Phi) is 9.91. The standard InChI is InChI=1S/C13H22O5/c1-3-5-7-17-12(15)9-11(14)10-13(16)18-8-6-4-2/h3-10H2,1-2H3. The van der Waals surface area contributed by atoms with Gasteiger partial charge in [-0.1, -0.05) is 26.7 Å². The molecule has 0 atom stereocenters. The van der Waals surface area contributed by atoms with Crippen LogP contribution in [0.2, 0.25) is 0 Å². The number of hydrogen-bond donors (Lipinski definition) is 0. The Labute approximate surface area is 108 Å². The molecule has 5 heteroatoms. The van der Waals surface area contributed by atoms with Crippen molar-refractivity contribution in [3.8, 4) is 0 Å². The Morgan fingerprint density at radius 3 is 1.50 bits per heavy atom. The van der Waals surface area contributed by atoms with E-state index in [-0.39, 0.29) is 12.8 Å². The van der Waals surface area contributed by atoms with Gasteiger partial charge in [0.05, 0.1) is 13.2 Å². The number of carbonyl (C=O) groups excluding carboxylic acids is 3. The van der Waals surface area contributed by atoms with Gasteiger partial charge in [-0.15, -0.1) is 0 Å². The van der Waals surface area contributed by atoms with Crippen molar-refractivity contribution in [1.29, 1.82) is 0 Å². The lowest BCUT2D eigenvalue weighted by Gasteiger charge is -2.04. The van der Waals surface area contributed by atoms with Crippen LogP contribution in [0.25, 0.3) is 0 Å². The van der Waals surface area contributed by atoms with Crippen molar-refractivity contribution >= 4 is 17.7 Å². The molecule has 104 valence electrons. The van der Waals surface area contributed by atoms with E-state index in [4.69, 9.17) is 9.47 Å². The summed E-state index contributed by atoms with van der Waals surface area (Å²) < 4.78 is 9.64. The van der Waals surface area contributed by atoms with Crippen molar-refractivity contribution in [2.24, 2.45) is 0 Å². The van der Waals surface area contributed by atoms with Gasteiger partial charge in [0.15, 0.2) is 5.78 Å². The fourth-order valence-electron chi connectivity index (χ4n) is 1.15. The third-order valence-corrected chi connectivity index (χ3v) is 2.20. The van der Waals surface area contributed by atoms with Gasteiger partial charge in [0.2, 0.25) is 0 Å². The van der Waals surface area contributed by atoms with Crippen molar-refractivity contribution < 1.29 is 23.9 Å². The van der Waals surface area contributed by atoms with Crippen LogP contribution in [0.4, 0.5) is 0 Å². The summed E-state index contributed by atoms with van der Waals surface area (Å²) in [7, 11) is 0. The van der Waals surface area contributed by atoms with Crippen molar-refractivity contribution in [2.75, 3.05) is 13.2 Å². The molecule has 0 aliphatic heterocycles. The van der Waals surface area contributed by atoms with Crippen LogP contribution >= 0.6 is 0 Å². The minimum Gasteiger partial charge on any atom is -0.465 e. The van der Waals surface area contributed by atoms with E-state index in [1.807, 2.05) is 13.8 Å². The number of unbranched alkanes of at least 4 members (excludes halogenated alkanes) is 2. The fourth-order valence-corrected chi connectivity index (χ4v) is 1.15. The normalized spacial score (nSPS) is 9.89. The van der Waals surface area contributed by atoms with Crippen molar-refractivity contribution in [2.45, 2.75) is 52.4 Å². The minimum absolute atomic E-state index is 0.323. The molecular formula is C13H22O5. The van der Waals surface area contributed by atoms with Gasteiger partial charge < -0.3 is 9.47 Å². The molecule has 0 rings (SSSR count). The lowest BCUT2D eigenvalue weighted by atomic mass is 10.2. The molecule has 0 radical (unpaired) electrons. The molecule has 0 aliphatic rings. The van der Waals surface area contributed by atoms with E-state index in [0.29, 0.717) is 13.2 Å². The smallest absolute Gasteiger partial charge is 0.313 e. The molecule has 0 saturated carbocycles. The topological polar surface area (TPSA) is 69.7 Å². The fraction of sp³-hybridized carbons (Fsp3) is 0.769. The summed E-state index contributed by atoms with van der Waals surface area (Å²) in [6, 6.07) is 0. The first kappa shape index (κ1) is 16.6. The third kappa shape index (κ3) is 9.81. The van der Waals surface area contributed by atoms with Gasteiger partial charge in [-0.3, -0.25) is 14.4 Å². The Morgan fingerprint density at radius 1 is 0.778 bits per heavy atom. The second-order valence-corrected chi connectivity index (χ2v) is 4.04. The number of ether oxygens (including phenoxy) is 2. The van der Waals surface area contributed by atoms with E-state index in [1.54, 1.807) is 0 Å². The van der Waals surface area contributed by atoms with E-state index in [1.165, 1.54) is 0 Å². The van der Waals surface area contributed by atoms with Crippen LogP contribution in [0.15, 0.2) is 0 Å². The Bertz CT molecular complexity index is 247. The summed E-state index contributed by atoms with van der Waals surface area (Å²) in [5, 5.41) is 0. The zero-order valence-electron chi connectivity index (χ0n) is 11.2. The van der Waals surface area contributed by atoms with Gasteiger partial charge in [-0.05, 0) is 12.8 Å². The molecule has 0 aromatic rings. The Hall–Kier alpha value is -1.39. The Balaban J connectivity index is 3.68. The molecule has 0 fully saturated rings.